The maximum Gasteiger partial charge on any atom is 3.00 e. The molecule has 12 atom stereocenters. The predicted octanol–water partition coefficient (Wildman–Crippen LogP) is -15.9. The number of aliphatic carboxylic acids is 6. The van der Waals surface area contributed by atoms with E-state index in [1.165, 1.54) is 4.90 Å². The smallest absolute Gasteiger partial charge is 0.550 e. The molecule has 4 rings (SSSR count). The van der Waals surface area contributed by atoms with Gasteiger partial charge in [0.15, 0.2) is 0 Å². The molecule has 0 aliphatic heterocycles. The number of aliphatic hydroxyl groups is 2. The van der Waals surface area contributed by atoms with Crippen LogP contribution in [0.2, 0.25) is 0 Å². The summed E-state index contributed by atoms with van der Waals surface area (Å²) in [6.07, 6.45) is 3.13. The summed E-state index contributed by atoms with van der Waals surface area (Å²) >= 11 is 0. The van der Waals surface area contributed by atoms with Gasteiger partial charge in [-0.25, -0.2) is 0 Å². The third kappa shape index (κ3) is 17.1. The van der Waals surface area contributed by atoms with Gasteiger partial charge in [0, 0.05) is 76.8 Å². The van der Waals surface area contributed by atoms with E-state index in [0.717, 1.165) is 29.1 Å². The van der Waals surface area contributed by atoms with Gasteiger partial charge < -0.3 is 74.9 Å². The minimum Gasteiger partial charge on any atom is -0.550 e. The van der Waals surface area contributed by atoms with E-state index in [0.29, 0.717) is 32.1 Å². The summed E-state index contributed by atoms with van der Waals surface area (Å²) in [5, 5.41) is 95.4. The number of nitrogens with zero attached hydrogens (tertiary/aromatic N) is 3. The zero-order chi connectivity index (χ0) is 44.7. The molecule has 345 valence electrons. The minimum atomic E-state index is -1.63. The molecule has 1 radical (unpaired) electrons. The molecule has 3 N–H and O–H groups in total. The van der Waals surface area contributed by atoms with E-state index in [9.17, 15) is 74.4 Å². The van der Waals surface area contributed by atoms with Crippen molar-refractivity contribution < 1.29 is 203 Å². The molecule has 4 saturated carbocycles. The van der Waals surface area contributed by atoms with Crippen molar-refractivity contribution in [1.29, 1.82) is 0 Å². The second kappa shape index (κ2) is 28.9. The number of carboxylic acid groups (broad SMARTS) is 6. The Bertz CT molecular complexity index is 1530. The fourth-order valence-corrected chi connectivity index (χ4v) is 12.0. The number of carbonyl (C=O) groups excluding carboxylic acids is 7. The molecular weight excluding hydrogens is 1010 g/mol. The average Bonchev–Trinajstić information content (AvgIpc) is 3.49. The quantitative estimate of drug-likeness (QED) is 0.0756. The topological polar surface area (TPSA) is 320 Å². The molecule has 0 aromatic heterocycles. The van der Waals surface area contributed by atoms with Crippen LogP contribution in [-0.4, -0.2) is 143 Å². The van der Waals surface area contributed by atoms with E-state index in [2.05, 4.69) is 19.2 Å². The first kappa shape index (κ1) is 64.4. The molecule has 0 spiro atoms. The number of hydrogen-bond donors (Lipinski definition) is 3. The Balaban J connectivity index is 0.00000992. The van der Waals surface area contributed by atoms with Crippen molar-refractivity contribution in [3.05, 3.63) is 0 Å². The number of fused-ring (bicyclic) bond motifs is 5. The Hall–Kier alpha value is 0.415. The Morgan fingerprint density at radius 3 is 1.66 bits per heavy atom. The molecule has 4 aliphatic carbocycles. The van der Waals surface area contributed by atoms with Gasteiger partial charge in [0.05, 0.1) is 42.1 Å². The minimum absolute atomic E-state index is 0. The Kier molecular flexibility index (Phi) is 29.1. The van der Waals surface area contributed by atoms with Crippen LogP contribution in [0.1, 0.15) is 91.4 Å². The molecule has 0 heterocycles. The van der Waals surface area contributed by atoms with Crippen LogP contribution in [0.3, 0.4) is 0 Å². The van der Waals surface area contributed by atoms with Crippen LogP contribution in [0.25, 0.3) is 0 Å². The van der Waals surface area contributed by atoms with Crippen molar-refractivity contribution in [3.63, 3.8) is 0 Å². The van der Waals surface area contributed by atoms with Gasteiger partial charge in [-0.15, -0.1) is 0 Å². The largest absolute Gasteiger partial charge is 3.00 e. The van der Waals surface area contributed by atoms with E-state index in [4.69, 9.17) is 0 Å². The number of aliphatic hydroxyl groups excluding tert-OH is 2. The van der Waals surface area contributed by atoms with Crippen molar-refractivity contribution in [2.45, 2.75) is 116 Å². The van der Waals surface area contributed by atoms with Crippen LogP contribution in [0.4, 0.5) is 0 Å². The maximum absolute atomic E-state index is 13.4. The van der Waals surface area contributed by atoms with E-state index in [1.54, 1.807) is 0 Å². The number of amides is 1. The van der Waals surface area contributed by atoms with Crippen LogP contribution < -0.4 is 125 Å². The van der Waals surface area contributed by atoms with Crippen molar-refractivity contribution in [3.8, 4) is 0 Å². The molecule has 23 heteroatoms. The molecule has 64 heavy (non-hydrogen) atoms. The van der Waals surface area contributed by atoms with Gasteiger partial charge in [-0.3, -0.25) is 19.5 Å². The molecule has 4 aliphatic rings. The van der Waals surface area contributed by atoms with Gasteiger partial charge in [-0.05, 0) is 111 Å². The Morgan fingerprint density at radius 1 is 0.672 bits per heavy atom. The molecule has 1 amide bonds. The summed E-state index contributed by atoms with van der Waals surface area (Å²) < 4.78 is 0. The molecule has 0 bridgehead atoms. The summed E-state index contributed by atoms with van der Waals surface area (Å²) in [7, 11) is 0. The van der Waals surface area contributed by atoms with Crippen LogP contribution in [0, 0.1) is 86.3 Å². The standard InChI is InChI=1S/C41H66N4O15.Gd.3Na/c1-23(4-9-33(49)50)26-5-6-27-38-28(18-31(47)41(26,27)3)40(2)11-10-25(16-24(40)17-30(38)46)42-32(48)8-7-29(39(59)60)45(14-12-43(19-34(51)52)20-35(53)54)15-13-44(21-36(55)56)22-37(57)58;;;;/h23-31,38,46-47H,4-22H2,1-3H3,(H,42,48)(H,49,50)(H,51,52)(H,53,54)(H,55,56)(H,57,58)(H,59,60);;;;/q;+3;3*+1/p-6/t23?,24?,25-,26-,27?,28?,29-,30?,31+,38?,40+,41-;;;;/m1..../s1. The molecule has 4 fully saturated rings. The number of hydrogen-bond acceptors (Lipinski definition) is 18. The fourth-order valence-electron chi connectivity index (χ4n) is 12.0. The summed E-state index contributed by atoms with van der Waals surface area (Å²) in [5.41, 5.74) is -0.688. The Labute approximate surface area is 473 Å². The molecule has 0 saturated heterocycles. The number of nitrogens with one attached hydrogen (secondary N) is 1. The summed E-state index contributed by atoms with van der Waals surface area (Å²) in [5.74, 6) is -9.38. The molecule has 0 aromatic carbocycles. The zero-order valence-electron chi connectivity index (χ0n) is 38.1. The van der Waals surface area contributed by atoms with E-state index in [1.807, 2.05) is 6.92 Å². The Morgan fingerprint density at radius 2 is 1.19 bits per heavy atom. The van der Waals surface area contributed by atoms with Gasteiger partial charge in [-0.1, -0.05) is 20.8 Å². The van der Waals surface area contributed by atoms with E-state index >= 15 is 0 Å². The van der Waals surface area contributed by atoms with Crippen molar-refractivity contribution in [2.75, 3.05) is 52.4 Å². The zero-order valence-corrected chi connectivity index (χ0v) is 46.4. The maximum atomic E-state index is 13.4. The van der Waals surface area contributed by atoms with Crippen LogP contribution >= 0.6 is 0 Å². The van der Waals surface area contributed by atoms with Crippen molar-refractivity contribution >= 4 is 41.7 Å². The average molecular weight is 1080 g/mol. The van der Waals surface area contributed by atoms with Crippen molar-refractivity contribution in [2.24, 2.45) is 46.3 Å². The van der Waals surface area contributed by atoms with Gasteiger partial charge in [0.2, 0.25) is 5.91 Å². The van der Waals surface area contributed by atoms with Gasteiger partial charge >= 0.3 is 129 Å². The third-order valence-corrected chi connectivity index (χ3v) is 14.9. The van der Waals surface area contributed by atoms with Gasteiger partial charge in [-0.2, -0.15) is 0 Å². The van der Waals surface area contributed by atoms with Crippen LogP contribution in [0.15, 0.2) is 0 Å². The first-order valence-electron chi connectivity index (χ1n) is 21.1. The number of carbonyl (C=O) groups is 7. The second-order valence-corrected chi connectivity index (χ2v) is 18.3. The monoisotopic (exact) mass is 1080 g/mol. The van der Waals surface area contributed by atoms with Gasteiger partial charge in [0.25, 0.3) is 0 Å². The van der Waals surface area contributed by atoms with Gasteiger partial charge in [0.1, 0.15) is 0 Å². The SMILES string of the molecule is CC(CCC(=O)[O-])[C@H]1CCC2C3C(O)CC4C[C@H](NC(=O)CC[C@H](C(=O)[O-])N(CCN(CC(=O)[O-])CC(=O)[O-])CCN(CC(=O)[O-])CC(=O)[O-])CC[C@]4(C)C3C[C@H](O)[C@@]21C.[Gd+3].[Na+].[Na+].[Na+]. The number of rotatable bonds is 24. The fraction of sp³-hybridized carbons (Fsp3) is 0.829. The molecule has 0 aromatic rings. The van der Waals surface area contributed by atoms with Crippen LogP contribution in [-0.2, 0) is 33.6 Å². The predicted molar refractivity (Wildman–Crippen MR) is 196 cm³/mol. The number of carboxylic acids is 6. The molecule has 19 nitrogen and oxygen atoms in total. The van der Waals surface area contributed by atoms with E-state index in [-0.39, 0.29) is 221 Å². The summed E-state index contributed by atoms with van der Waals surface area (Å²) in [6, 6.07) is -1.81. The third-order valence-electron chi connectivity index (χ3n) is 14.9. The van der Waals surface area contributed by atoms with Crippen molar-refractivity contribution in [1.82, 2.24) is 20.0 Å². The molecule has 6 unspecified atom stereocenters. The normalized spacial score (nSPS) is 30.1. The first-order chi connectivity index (χ1) is 28.1. The first-order valence-corrected chi connectivity index (χ1v) is 21.1. The summed E-state index contributed by atoms with van der Waals surface area (Å²) in [6.45, 7) is 1.72. The van der Waals surface area contributed by atoms with E-state index < -0.39 is 91.6 Å². The summed E-state index contributed by atoms with van der Waals surface area (Å²) in [4.78, 5) is 85.2. The van der Waals surface area contributed by atoms with Crippen LogP contribution in [0.5, 0.6) is 0 Å². The second-order valence-electron chi connectivity index (χ2n) is 18.3. The molecular formula is C41H60GdN4Na3O15.